The Hall–Kier alpha value is -2.14. The van der Waals surface area contributed by atoms with Crippen LogP contribution in [-0.2, 0) is 0 Å². The molecule has 0 aliphatic carbocycles. The molecule has 2 aromatic heterocycles. The highest BCUT2D eigenvalue weighted by Crippen LogP contribution is 2.29. The largest absolute Gasteiger partial charge is 0.476 e. The third kappa shape index (κ3) is 2.51. The van der Waals surface area contributed by atoms with Crippen LogP contribution in [0.3, 0.4) is 0 Å². The van der Waals surface area contributed by atoms with Gasteiger partial charge in [-0.15, -0.1) is 0 Å². The van der Waals surface area contributed by atoms with Gasteiger partial charge in [0.15, 0.2) is 11.4 Å². The number of pyridine rings is 2. The summed E-state index contributed by atoms with van der Waals surface area (Å²) in [5.74, 6) is -0.698. The minimum atomic E-state index is -1.16. The van der Waals surface area contributed by atoms with Crippen molar-refractivity contribution in [3.63, 3.8) is 0 Å². The van der Waals surface area contributed by atoms with Gasteiger partial charge in [-0.05, 0) is 12.1 Å². The Kier molecular flexibility index (Phi) is 3.20. The quantitative estimate of drug-likeness (QED) is 0.907. The highest BCUT2D eigenvalue weighted by molar-refractivity contribution is 6.31. The van der Waals surface area contributed by atoms with Gasteiger partial charge in [0.2, 0.25) is 0 Å². The maximum Gasteiger partial charge on any atom is 0.358 e. The van der Waals surface area contributed by atoms with E-state index in [9.17, 15) is 4.79 Å². The Morgan fingerprint density at radius 2 is 2.12 bits per heavy atom. The monoisotopic (exact) mass is 250 g/mol. The standard InChI is InChI=1S/C11H7ClN2O3/c12-7-6-13-5-3-8(7)17-9-2-1-4-14-10(9)11(15)16/h1-6H,(H,15,16). The molecule has 6 heteroatoms. The molecule has 5 nitrogen and oxygen atoms in total. The highest BCUT2D eigenvalue weighted by atomic mass is 35.5. The normalized spacial score (nSPS) is 9.94. The first-order chi connectivity index (χ1) is 8.18. The first-order valence-electron chi connectivity index (χ1n) is 4.64. The van der Waals surface area contributed by atoms with Crippen molar-refractivity contribution in [3.05, 3.63) is 47.5 Å². The summed E-state index contributed by atoms with van der Waals surface area (Å²) in [4.78, 5) is 18.4. The lowest BCUT2D eigenvalue weighted by Crippen LogP contribution is -2.02. The number of ether oxygens (including phenoxy) is 1. The van der Waals surface area contributed by atoms with Gasteiger partial charge in [0, 0.05) is 24.7 Å². The SMILES string of the molecule is O=C(O)c1ncccc1Oc1ccncc1Cl. The fourth-order valence-corrected chi connectivity index (χ4v) is 1.36. The van der Waals surface area contributed by atoms with Crippen molar-refractivity contribution in [2.75, 3.05) is 0 Å². The van der Waals surface area contributed by atoms with Gasteiger partial charge >= 0.3 is 5.97 Å². The molecule has 0 aliphatic rings. The van der Waals surface area contributed by atoms with Gasteiger partial charge in [0.25, 0.3) is 0 Å². The number of aromatic nitrogens is 2. The molecule has 0 saturated heterocycles. The number of carboxylic acid groups (broad SMARTS) is 1. The lowest BCUT2D eigenvalue weighted by Gasteiger charge is -2.08. The predicted molar refractivity (Wildman–Crippen MR) is 60.5 cm³/mol. The fourth-order valence-electron chi connectivity index (χ4n) is 1.20. The van der Waals surface area contributed by atoms with Crippen molar-refractivity contribution in [1.29, 1.82) is 0 Å². The van der Waals surface area contributed by atoms with Gasteiger partial charge in [-0.25, -0.2) is 9.78 Å². The molecule has 0 aromatic carbocycles. The van der Waals surface area contributed by atoms with Crippen molar-refractivity contribution in [1.82, 2.24) is 9.97 Å². The van der Waals surface area contributed by atoms with Crippen LogP contribution in [0, 0.1) is 0 Å². The van der Waals surface area contributed by atoms with Gasteiger partial charge in [-0.1, -0.05) is 11.6 Å². The zero-order valence-corrected chi connectivity index (χ0v) is 9.26. The number of aromatic carboxylic acids is 1. The van der Waals surface area contributed by atoms with Crippen molar-refractivity contribution < 1.29 is 14.6 Å². The van der Waals surface area contributed by atoms with Crippen LogP contribution >= 0.6 is 11.6 Å². The van der Waals surface area contributed by atoms with E-state index in [-0.39, 0.29) is 11.4 Å². The van der Waals surface area contributed by atoms with Gasteiger partial charge in [-0.2, -0.15) is 0 Å². The Balaban J connectivity index is 2.37. The third-order valence-corrected chi connectivity index (χ3v) is 2.21. The van der Waals surface area contributed by atoms with Crippen molar-refractivity contribution >= 4 is 17.6 Å². The zero-order chi connectivity index (χ0) is 12.3. The molecule has 0 amide bonds. The van der Waals surface area contributed by atoms with Crippen LogP contribution in [0.1, 0.15) is 10.5 Å². The van der Waals surface area contributed by atoms with Crippen LogP contribution in [0.5, 0.6) is 11.5 Å². The van der Waals surface area contributed by atoms with E-state index >= 15 is 0 Å². The topological polar surface area (TPSA) is 72.3 Å². The Bertz CT molecular complexity index is 560. The second-order valence-electron chi connectivity index (χ2n) is 3.06. The molecule has 17 heavy (non-hydrogen) atoms. The summed E-state index contributed by atoms with van der Waals surface area (Å²) in [6, 6.07) is 4.63. The van der Waals surface area contributed by atoms with Crippen molar-refractivity contribution in [2.45, 2.75) is 0 Å². The van der Waals surface area contributed by atoms with E-state index in [4.69, 9.17) is 21.4 Å². The lowest BCUT2D eigenvalue weighted by molar-refractivity contribution is 0.0687. The average molecular weight is 251 g/mol. The first kappa shape index (κ1) is 11.3. The van der Waals surface area contributed by atoms with Crippen LogP contribution in [0.4, 0.5) is 0 Å². The molecule has 0 spiro atoms. The predicted octanol–water partition coefficient (Wildman–Crippen LogP) is 2.62. The summed E-state index contributed by atoms with van der Waals surface area (Å²) >= 11 is 5.85. The summed E-state index contributed by atoms with van der Waals surface area (Å²) in [5, 5.41) is 9.22. The lowest BCUT2D eigenvalue weighted by atomic mass is 10.3. The fraction of sp³-hybridized carbons (Fsp3) is 0. The molecule has 0 saturated carbocycles. The number of nitrogens with zero attached hydrogens (tertiary/aromatic N) is 2. The Morgan fingerprint density at radius 3 is 2.82 bits per heavy atom. The number of hydrogen-bond donors (Lipinski definition) is 1. The van der Waals surface area contributed by atoms with Gasteiger partial charge < -0.3 is 9.84 Å². The molecular formula is C11H7ClN2O3. The van der Waals surface area contributed by atoms with E-state index in [0.717, 1.165) is 0 Å². The van der Waals surface area contributed by atoms with E-state index < -0.39 is 5.97 Å². The molecule has 2 rings (SSSR count). The van der Waals surface area contributed by atoms with Gasteiger partial charge in [0.1, 0.15) is 10.8 Å². The molecule has 0 aliphatic heterocycles. The van der Waals surface area contributed by atoms with E-state index in [1.807, 2.05) is 0 Å². The summed E-state index contributed by atoms with van der Waals surface area (Å²) in [6.07, 6.45) is 4.29. The Labute approximate surface area is 102 Å². The van der Waals surface area contributed by atoms with Crippen LogP contribution in [0.25, 0.3) is 0 Å². The second kappa shape index (κ2) is 4.80. The van der Waals surface area contributed by atoms with E-state index in [1.165, 1.54) is 24.7 Å². The van der Waals surface area contributed by atoms with Gasteiger partial charge in [0.05, 0.1) is 0 Å². The number of carboxylic acids is 1. The van der Waals surface area contributed by atoms with E-state index in [2.05, 4.69) is 9.97 Å². The second-order valence-corrected chi connectivity index (χ2v) is 3.47. The van der Waals surface area contributed by atoms with Crippen molar-refractivity contribution in [2.24, 2.45) is 0 Å². The summed E-state index contributed by atoms with van der Waals surface area (Å²) in [7, 11) is 0. The molecule has 0 radical (unpaired) electrons. The first-order valence-corrected chi connectivity index (χ1v) is 5.02. The maximum atomic E-state index is 10.9. The molecule has 0 fully saturated rings. The summed E-state index contributed by atoms with van der Waals surface area (Å²) < 4.78 is 5.39. The van der Waals surface area contributed by atoms with Crippen molar-refractivity contribution in [3.8, 4) is 11.5 Å². The minimum Gasteiger partial charge on any atom is -0.476 e. The molecule has 0 unspecified atom stereocenters. The summed E-state index contributed by atoms with van der Waals surface area (Å²) in [5.41, 5.74) is -0.166. The van der Waals surface area contributed by atoms with Gasteiger partial charge in [-0.3, -0.25) is 4.98 Å². The number of rotatable bonds is 3. The molecule has 0 atom stereocenters. The Morgan fingerprint density at radius 1 is 1.29 bits per heavy atom. The highest BCUT2D eigenvalue weighted by Gasteiger charge is 2.13. The maximum absolute atomic E-state index is 10.9. The van der Waals surface area contributed by atoms with Crippen LogP contribution in [0.2, 0.25) is 5.02 Å². The molecule has 2 aromatic rings. The molecular weight excluding hydrogens is 244 g/mol. The average Bonchev–Trinajstić information content (AvgIpc) is 2.32. The molecule has 2 heterocycles. The smallest absolute Gasteiger partial charge is 0.358 e. The zero-order valence-electron chi connectivity index (χ0n) is 8.50. The summed E-state index contributed by atoms with van der Waals surface area (Å²) in [6.45, 7) is 0. The van der Waals surface area contributed by atoms with Crippen LogP contribution in [0.15, 0.2) is 36.8 Å². The molecule has 0 bridgehead atoms. The van der Waals surface area contributed by atoms with E-state index in [0.29, 0.717) is 10.8 Å². The molecule has 86 valence electrons. The van der Waals surface area contributed by atoms with E-state index in [1.54, 1.807) is 12.1 Å². The number of halogens is 1. The number of hydrogen-bond acceptors (Lipinski definition) is 4. The third-order valence-electron chi connectivity index (χ3n) is 1.93. The van der Waals surface area contributed by atoms with Crippen LogP contribution < -0.4 is 4.74 Å². The van der Waals surface area contributed by atoms with Crippen LogP contribution in [-0.4, -0.2) is 21.0 Å². The minimum absolute atomic E-state index is 0.133. The number of carbonyl (C=O) groups is 1. The molecule has 1 N–H and O–H groups in total.